The van der Waals surface area contributed by atoms with Gasteiger partial charge in [0.1, 0.15) is 18.1 Å². The molecule has 0 aliphatic rings. The third-order valence-electron chi connectivity index (χ3n) is 4.08. The number of carbonyl (C=O) groups is 6. The van der Waals surface area contributed by atoms with Crippen LogP contribution in [0.4, 0.5) is 0 Å². The number of carboxylic acid groups (broad SMARTS) is 2. The SMILES string of the molecule is CC(C)C(NC(=O)C(CC(N)=O)NC(=O)C(CCC(=O)O)NC(=O)C(N)CS)C(=O)O. The van der Waals surface area contributed by atoms with Gasteiger partial charge in [-0.05, 0) is 12.3 Å². The van der Waals surface area contributed by atoms with E-state index in [1.807, 2.05) is 0 Å². The topological polar surface area (TPSA) is 231 Å². The Morgan fingerprint density at radius 1 is 0.903 bits per heavy atom. The summed E-state index contributed by atoms with van der Waals surface area (Å²) >= 11 is 3.87. The summed E-state index contributed by atoms with van der Waals surface area (Å²) in [5.74, 6) is -6.79. The predicted octanol–water partition coefficient (Wildman–Crippen LogP) is -2.82. The number of nitrogens with one attached hydrogen (secondary N) is 3. The number of amides is 4. The van der Waals surface area contributed by atoms with Gasteiger partial charge in [0.05, 0.1) is 12.5 Å². The van der Waals surface area contributed by atoms with Gasteiger partial charge >= 0.3 is 11.9 Å². The van der Waals surface area contributed by atoms with Gasteiger partial charge < -0.3 is 37.6 Å². The van der Waals surface area contributed by atoms with Crippen LogP contribution in [-0.2, 0) is 28.8 Å². The third-order valence-corrected chi connectivity index (χ3v) is 4.48. The highest BCUT2D eigenvalue weighted by molar-refractivity contribution is 7.80. The van der Waals surface area contributed by atoms with Crippen LogP contribution in [0.3, 0.4) is 0 Å². The van der Waals surface area contributed by atoms with Crippen molar-refractivity contribution in [2.24, 2.45) is 17.4 Å². The van der Waals surface area contributed by atoms with E-state index in [1.165, 1.54) is 0 Å². The van der Waals surface area contributed by atoms with Crippen LogP contribution in [0.2, 0.25) is 0 Å². The third kappa shape index (κ3) is 10.6. The molecule has 0 saturated heterocycles. The van der Waals surface area contributed by atoms with Crippen LogP contribution in [0, 0.1) is 5.92 Å². The Morgan fingerprint density at radius 2 is 1.42 bits per heavy atom. The number of hydrogen-bond acceptors (Lipinski definition) is 8. The molecule has 14 heteroatoms. The van der Waals surface area contributed by atoms with Crippen LogP contribution in [0.1, 0.15) is 33.1 Å². The second kappa shape index (κ2) is 13.4. The maximum Gasteiger partial charge on any atom is 0.326 e. The van der Waals surface area contributed by atoms with Gasteiger partial charge in [-0.2, -0.15) is 12.6 Å². The summed E-state index contributed by atoms with van der Waals surface area (Å²) in [5.41, 5.74) is 10.6. The van der Waals surface area contributed by atoms with E-state index in [2.05, 4.69) is 28.6 Å². The van der Waals surface area contributed by atoms with E-state index in [9.17, 15) is 33.9 Å². The summed E-state index contributed by atoms with van der Waals surface area (Å²) in [7, 11) is 0. The molecule has 9 N–H and O–H groups in total. The molecule has 0 saturated carbocycles. The number of carbonyl (C=O) groups excluding carboxylic acids is 4. The van der Waals surface area contributed by atoms with Gasteiger partial charge in [-0.3, -0.25) is 24.0 Å². The molecule has 31 heavy (non-hydrogen) atoms. The van der Waals surface area contributed by atoms with E-state index >= 15 is 0 Å². The highest BCUT2D eigenvalue weighted by Crippen LogP contribution is 2.05. The van der Waals surface area contributed by atoms with Gasteiger partial charge in [0.15, 0.2) is 0 Å². The van der Waals surface area contributed by atoms with Crippen LogP contribution in [-0.4, -0.2) is 75.7 Å². The molecule has 0 bridgehead atoms. The van der Waals surface area contributed by atoms with Crippen LogP contribution in [0.15, 0.2) is 0 Å². The van der Waals surface area contributed by atoms with Gasteiger partial charge in [-0.15, -0.1) is 0 Å². The molecule has 0 radical (unpaired) electrons. The number of aliphatic carboxylic acids is 2. The second-order valence-corrected chi connectivity index (χ2v) is 7.45. The molecule has 0 aromatic rings. The summed E-state index contributed by atoms with van der Waals surface area (Å²) in [4.78, 5) is 70.6. The Labute approximate surface area is 184 Å². The molecule has 4 amide bonds. The number of carboxylic acids is 2. The summed E-state index contributed by atoms with van der Waals surface area (Å²) in [6.07, 6.45) is -1.48. The number of nitrogens with two attached hydrogens (primary N) is 2. The lowest BCUT2D eigenvalue weighted by Crippen LogP contribution is -2.58. The van der Waals surface area contributed by atoms with Crippen LogP contribution in [0.5, 0.6) is 0 Å². The summed E-state index contributed by atoms with van der Waals surface area (Å²) in [6.45, 7) is 3.09. The zero-order valence-electron chi connectivity index (χ0n) is 17.2. The smallest absolute Gasteiger partial charge is 0.326 e. The zero-order valence-corrected chi connectivity index (χ0v) is 18.1. The van der Waals surface area contributed by atoms with E-state index in [0.717, 1.165) is 0 Å². The first-order valence-corrected chi connectivity index (χ1v) is 9.93. The molecular formula is C17H29N5O8S. The Balaban J connectivity index is 5.53. The summed E-state index contributed by atoms with van der Waals surface area (Å²) in [5, 5.41) is 24.8. The molecule has 0 aromatic carbocycles. The Morgan fingerprint density at radius 3 is 1.84 bits per heavy atom. The highest BCUT2D eigenvalue weighted by Gasteiger charge is 2.32. The lowest BCUT2D eigenvalue weighted by molar-refractivity contribution is -0.143. The van der Waals surface area contributed by atoms with Crippen molar-refractivity contribution in [2.75, 3.05) is 5.75 Å². The average Bonchev–Trinajstić information content (AvgIpc) is 2.66. The molecule has 0 aromatic heterocycles. The van der Waals surface area contributed by atoms with Gasteiger partial charge in [0.2, 0.25) is 23.6 Å². The molecule has 0 fully saturated rings. The fourth-order valence-corrected chi connectivity index (χ4v) is 2.51. The zero-order chi connectivity index (χ0) is 24.3. The first-order valence-electron chi connectivity index (χ1n) is 9.30. The quantitative estimate of drug-likeness (QED) is 0.124. The number of rotatable bonds is 14. The minimum Gasteiger partial charge on any atom is -0.481 e. The van der Waals surface area contributed by atoms with Gasteiger partial charge in [0.25, 0.3) is 0 Å². The maximum atomic E-state index is 12.6. The van der Waals surface area contributed by atoms with Gasteiger partial charge in [-0.1, -0.05) is 13.8 Å². The van der Waals surface area contributed by atoms with Crippen LogP contribution < -0.4 is 27.4 Å². The van der Waals surface area contributed by atoms with Crippen molar-refractivity contribution in [3.8, 4) is 0 Å². The number of primary amides is 1. The van der Waals surface area contributed by atoms with Crippen LogP contribution >= 0.6 is 12.6 Å². The van der Waals surface area contributed by atoms with E-state index < -0.39 is 78.5 Å². The van der Waals surface area contributed by atoms with Crippen molar-refractivity contribution < 1.29 is 39.0 Å². The second-order valence-electron chi connectivity index (χ2n) is 7.08. The molecule has 0 aliphatic carbocycles. The molecule has 0 aliphatic heterocycles. The molecule has 4 atom stereocenters. The minimum atomic E-state index is -1.55. The molecule has 176 valence electrons. The van der Waals surface area contributed by atoms with Crippen molar-refractivity contribution in [1.29, 1.82) is 0 Å². The standard InChI is InChI=1S/C17H29N5O8S/c1-7(2)13(17(29)30)22-16(28)10(5-11(19)23)21-15(27)9(3-4-12(24)25)20-14(26)8(18)6-31/h7-10,13,31H,3-6,18H2,1-2H3,(H2,19,23)(H,20,26)(H,21,27)(H,22,28)(H,24,25)(H,29,30). The normalized spacial score (nSPS) is 14.6. The van der Waals surface area contributed by atoms with Gasteiger partial charge in [-0.25, -0.2) is 4.79 Å². The fraction of sp³-hybridized carbons (Fsp3) is 0.647. The van der Waals surface area contributed by atoms with E-state index in [1.54, 1.807) is 13.8 Å². The molecule has 13 nitrogen and oxygen atoms in total. The summed E-state index contributed by atoms with van der Waals surface area (Å²) in [6, 6.07) is -5.31. The molecule has 0 heterocycles. The highest BCUT2D eigenvalue weighted by atomic mass is 32.1. The van der Waals surface area contributed by atoms with E-state index in [-0.39, 0.29) is 12.2 Å². The first kappa shape index (κ1) is 28.1. The average molecular weight is 464 g/mol. The van der Waals surface area contributed by atoms with Gasteiger partial charge in [0, 0.05) is 12.2 Å². The van der Waals surface area contributed by atoms with E-state index in [4.69, 9.17) is 16.6 Å². The van der Waals surface area contributed by atoms with Crippen molar-refractivity contribution in [1.82, 2.24) is 16.0 Å². The predicted molar refractivity (Wildman–Crippen MR) is 111 cm³/mol. The maximum absolute atomic E-state index is 12.6. The monoisotopic (exact) mass is 463 g/mol. The lowest BCUT2D eigenvalue weighted by Gasteiger charge is -2.25. The largest absolute Gasteiger partial charge is 0.481 e. The Bertz CT molecular complexity index is 702. The van der Waals surface area contributed by atoms with Crippen molar-refractivity contribution >= 4 is 48.2 Å². The van der Waals surface area contributed by atoms with E-state index in [0.29, 0.717) is 0 Å². The fourth-order valence-electron chi connectivity index (χ4n) is 2.35. The van der Waals surface area contributed by atoms with Crippen molar-refractivity contribution in [3.05, 3.63) is 0 Å². The van der Waals surface area contributed by atoms with Crippen LogP contribution in [0.25, 0.3) is 0 Å². The lowest BCUT2D eigenvalue weighted by atomic mass is 10.0. The number of thiol groups is 1. The summed E-state index contributed by atoms with van der Waals surface area (Å²) < 4.78 is 0. The Kier molecular flexibility index (Phi) is 12.2. The molecule has 0 rings (SSSR count). The molecular weight excluding hydrogens is 434 g/mol. The van der Waals surface area contributed by atoms with Crippen molar-refractivity contribution in [2.45, 2.75) is 57.3 Å². The number of hydrogen-bond donors (Lipinski definition) is 8. The Hall–Kier alpha value is -2.87. The minimum absolute atomic E-state index is 0.0441. The molecule has 0 spiro atoms. The first-order chi connectivity index (χ1) is 14.3. The van der Waals surface area contributed by atoms with Crippen molar-refractivity contribution in [3.63, 3.8) is 0 Å². The molecule has 4 unspecified atom stereocenters.